The highest BCUT2D eigenvalue weighted by Crippen LogP contribution is 2.34. The molecule has 164 valence electrons. The standard InChI is InChI=1S/C22H13N9O3/c1-23-20-17(11-7-4-3-5-8-11)31-21(25-20)18(32)14(16(28-31)19-26-29-30-27-19)22-24-15-12(33-2)9-6-10-13(15)34-22/h3-10,28H,2H3,(H,26,27,29,30). The second-order valence-electron chi connectivity index (χ2n) is 7.17. The molecule has 0 atom stereocenters. The number of tetrazole rings is 1. The van der Waals surface area contributed by atoms with Crippen LogP contribution in [-0.2, 0) is 0 Å². The van der Waals surface area contributed by atoms with Crippen LogP contribution in [-0.4, -0.2) is 47.3 Å². The zero-order valence-corrected chi connectivity index (χ0v) is 17.5. The topological polar surface area (TPSA) is 144 Å². The summed E-state index contributed by atoms with van der Waals surface area (Å²) in [7, 11) is 1.52. The van der Waals surface area contributed by atoms with Crippen molar-refractivity contribution in [2.24, 2.45) is 0 Å². The molecular weight excluding hydrogens is 438 g/mol. The summed E-state index contributed by atoms with van der Waals surface area (Å²) in [6.45, 7) is 7.61. The Morgan fingerprint density at radius 2 is 1.97 bits per heavy atom. The minimum atomic E-state index is -0.517. The van der Waals surface area contributed by atoms with Crippen molar-refractivity contribution in [3.8, 4) is 40.0 Å². The van der Waals surface area contributed by atoms with Crippen LogP contribution in [0.4, 0.5) is 5.82 Å². The molecule has 0 bridgehead atoms. The van der Waals surface area contributed by atoms with Gasteiger partial charge < -0.3 is 14.0 Å². The number of rotatable bonds is 4. The molecule has 0 saturated heterocycles. The number of ether oxygens (including phenoxy) is 1. The molecule has 0 fully saturated rings. The van der Waals surface area contributed by atoms with Gasteiger partial charge in [0.05, 0.1) is 7.11 Å². The number of H-pyrrole nitrogens is 2. The number of imidazole rings is 1. The van der Waals surface area contributed by atoms with Crippen molar-refractivity contribution in [2.75, 3.05) is 7.11 Å². The molecule has 4 heterocycles. The SMILES string of the molecule is [C-]#[N+]c1nc2c(=O)c(-c3nc4c(OC)cccc4o3)c(-c3nn[nH]n3)[nH]n2c1-c1ccccc1. The second kappa shape index (κ2) is 7.38. The molecule has 6 rings (SSSR count). The van der Waals surface area contributed by atoms with Gasteiger partial charge >= 0.3 is 0 Å². The first-order valence-corrected chi connectivity index (χ1v) is 9.99. The van der Waals surface area contributed by atoms with Crippen molar-refractivity contribution in [3.05, 3.63) is 70.2 Å². The normalized spacial score (nSPS) is 11.2. The van der Waals surface area contributed by atoms with Gasteiger partial charge in [0.25, 0.3) is 16.9 Å². The van der Waals surface area contributed by atoms with Crippen molar-refractivity contribution in [2.45, 2.75) is 0 Å². The first-order chi connectivity index (χ1) is 16.7. The molecule has 12 heteroatoms. The summed E-state index contributed by atoms with van der Waals surface area (Å²) in [6, 6.07) is 14.4. The van der Waals surface area contributed by atoms with Crippen LogP contribution in [0.1, 0.15) is 0 Å². The first kappa shape index (κ1) is 19.4. The fourth-order valence-corrected chi connectivity index (χ4v) is 3.82. The number of aromatic amines is 2. The second-order valence-corrected chi connectivity index (χ2v) is 7.17. The Balaban J connectivity index is 1.72. The molecule has 2 N–H and O–H groups in total. The van der Waals surface area contributed by atoms with E-state index in [2.05, 4.69) is 40.5 Å². The van der Waals surface area contributed by atoms with E-state index in [1.165, 1.54) is 11.6 Å². The molecule has 34 heavy (non-hydrogen) atoms. The average Bonchev–Trinajstić information content (AvgIpc) is 3.62. The summed E-state index contributed by atoms with van der Waals surface area (Å²) in [4.78, 5) is 26.1. The highest BCUT2D eigenvalue weighted by atomic mass is 16.5. The Morgan fingerprint density at radius 1 is 1.12 bits per heavy atom. The molecule has 2 aromatic carbocycles. The van der Waals surface area contributed by atoms with Crippen molar-refractivity contribution >= 4 is 22.6 Å². The largest absolute Gasteiger partial charge is 0.494 e. The van der Waals surface area contributed by atoms with E-state index in [1.807, 2.05) is 30.3 Å². The number of para-hydroxylation sites is 1. The molecule has 0 saturated carbocycles. The third-order valence-corrected chi connectivity index (χ3v) is 5.30. The molecule has 0 aliphatic carbocycles. The smallest absolute Gasteiger partial charge is 0.298 e. The van der Waals surface area contributed by atoms with E-state index in [0.29, 0.717) is 28.1 Å². The Hall–Kier alpha value is -5.31. The minimum absolute atomic E-state index is 0.00122. The van der Waals surface area contributed by atoms with Gasteiger partial charge in [-0.2, -0.15) is 5.21 Å². The summed E-state index contributed by atoms with van der Waals surface area (Å²) < 4.78 is 12.7. The fraction of sp³-hybridized carbons (Fsp3) is 0.0455. The lowest BCUT2D eigenvalue weighted by atomic mass is 10.1. The van der Waals surface area contributed by atoms with E-state index in [1.54, 1.807) is 18.2 Å². The lowest BCUT2D eigenvalue weighted by molar-refractivity contribution is 0.419. The third-order valence-electron chi connectivity index (χ3n) is 5.30. The maximum atomic E-state index is 13.8. The molecule has 0 radical (unpaired) electrons. The van der Waals surface area contributed by atoms with Gasteiger partial charge in [0.2, 0.25) is 11.7 Å². The number of methoxy groups -OCH3 is 1. The maximum Gasteiger partial charge on any atom is 0.298 e. The van der Waals surface area contributed by atoms with Gasteiger partial charge in [-0.25, -0.2) is 9.50 Å². The summed E-state index contributed by atoms with van der Waals surface area (Å²) in [5, 5.41) is 17.2. The summed E-state index contributed by atoms with van der Waals surface area (Å²) in [5.41, 5.74) is 1.75. The number of fused-ring (bicyclic) bond motifs is 2. The van der Waals surface area contributed by atoms with Gasteiger partial charge in [-0.15, -0.1) is 10.2 Å². The third kappa shape index (κ3) is 2.77. The van der Waals surface area contributed by atoms with Crippen molar-refractivity contribution < 1.29 is 9.15 Å². The van der Waals surface area contributed by atoms with Gasteiger partial charge in [-0.1, -0.05) is 48.0 Å². The lowest BCUT2D eigenvalue weighted by Gasteiger charge is -2.07. The van der Waals surface area contributed by atoms with Crippen molar-refractivity contribution in [3.63, 3.8) is 0 Å². The fourth-order valence-electron chi connectivity index (χ4n) is 3.82. The van der Waals surface area contributed by atoms with Crippen LogP contribution < -0.4 is 10.2 Å². The monoisotopic (exact) mass is 451 g/mol. The van der Waals surface area contributed by atoms with Gasteiger partial charge in [0.15, 0.2) is 11.1 Å². The van der Waals surface area contributed by atoms with E-state index in [-0.39, 0.29) is 34.4 Å². The van der Waals surface area contributed by atoms with E-state index < -0.39 is 5.43 Å². The van der Waals surface area contributed by atoms with E-state index in [4.69, 9.17) is 15.7 Å². The Morgan fingerprint density at radius 3 is 2.71 bits per heavy atom. The van der Waals surface area contributed by atoms with Crippen LogP contribution in [0.5, 0.6) is 5.75 Å². The zero-order valence-electron chi connectivity index (χ0n) is 17.5. The number of aromatic nitrogens is 8. The molecule has 4 aromatic heterocycles. The highest BCUT2D eigenvalue weighted by molar-refractivity contribution is 5.86. The van der Waals surface area contributed by atoms with Crippen LogP contribution >= 0.6 is 0 Å². The zero-order chi connectivity index (χ0) is 23.2. The molecule has 12 nitrogen and oxygen atoms in total. The van der Waals surface area contributed by atoms with Gasteiger partial charge in [-0.3, -0.25) is 9.89 Å². The summed E-state index contributed by atoms with van der Waals surface area (Å²) in [5.74, 6) is 0.695. The molecule has 0 aliphatic rings. The minimum Gasteiger partial charge on any atom is -0.494 e. The predicted octanol–water partition coefficient (Wildman–Crippen LogP) is 3.24. The van der Waals surface area contributed by atoms with E-state index >= 15 is 0 Å². The summed E-state index contributed by atoms with van der Waals surface area (Å²) >= 11 is 0. The Bertz CT molecular complexity index is 1770. The maximum absolute atomic E-state index is 13.8. The van der Waals surface area contributed by atoms with Crippen LogP contribution in [0.15, 0.2) is 57.7 Å². The summed E-state index contributed by atoms with van der Waals surface area (Å²) in [6.07, 6.45) is 0. The highest BCUT2D eigenvalue weighted by Gasteiger charge is 2.28. The Kier molecular flexibility index (Phi) is 4.21. The molecule has 6 aromatic rings. The van der Waals surface area contributed by atoms with Gasteiger partial charge in [-0.05, 0) is 22.9 Å². The number of hydrogen-bond donors (Lipinski definition) is 2. The molecule has 0 spiro atoms. The molecule has 0 aliphatic heterocycles. The Labute approximate surface area is 189 Å². The number of nitrogens with one attached hydrogen (secondary N) is 2. The van der Waals surface area contributed by atoms with Crippen molar-refractivity contribution in [1.82, 2.24) is 40.2 Å². The van der Waals surface area contributed by atoms with E-state index in [9.17, 15) is 4.79 Å². The average molecular weight is 451 g/mol. The van der Waals surface area contributed by atoms with E-state index in [0.717, 1.165) is 0 Å². The number of nitrogens with zero attached hydrogens (tertiary/aromatic N) is 7. The van der Waals surface area contributed by atoms with Crippen LogP contribution in [0.3, 0.4) is 0 Å². The quantitative estimate of drug-likeness (QED) is 0.389. The van der Waals surface area contributed by atoms with Crippen LogP contribution in [0.25, 0.3) is 55.8 Å². The van der Waals surface area contributed by atoms with Gasteiger partial charge in [0, 0.05) is 0 Å². The molecule has 0 unspecified atom stereocenters. The van der Waals surface area contributed by atoms with Crippen molar-refractivity contribution in [1.29, 1.82) is 0 Å². The molecular formula is C22H13N9O3. The van der Waals surface area contributed by atoms with Gasteiger partial charge in [0.1, 0.15) is 22.7 Å². The predicted molar refractivity (Wildman–Crippen MR) is 120 cm³/mol. The first-order valence-electron chi connectivity index (χ1n) is 9.99. The van der Waals surface area contributed by atoms with Crippen LogP contribution in [0.2, 0.25) is 0 Å². The number of oxazole rings is 1. The lowest BCUT2D eigenvalue weighted by Crippen LogP contribution is -2.15. The molecule has 0 amide bonds. The number of benzene rings is 2. The van der Waals surface area contributed by atoms with Crippen LogP contribution in [0, 0.1) is 6.57 Å². The number of hydrogen-bond acceptors (Lipinski definition) is 8.